The number of aromatic nitrogens is 2. The molecule has 6 nitrogen and oxygen atoms in total. The van der Waals surface area contributed by atoms with E-state index in [0.717, 1.165) is 25.0 Å². The fourth-order valence-electron chi connectivity index (χ4n) is 2.25. The molecule has 0 saturated heterocycles. The fraction of sp³-hybridized carbons (Fsp3) is 0.667. The third-order valence-corrected chi connectivity index (χ3v) is 3.50. The first kappa shape index (κ1) is 12.7. The SMILES string of the molecule is CCN(C)C(=O)O[C@H]1CC[C@@H](c2cc(N)n[nH]2)C1. The van der Waals surface area contributed by atoms with Gasteiger partial charge in [0, 0.05) is 31.3 Å². The van der Waals surface area contributed by atoms with E-state index in [0.29, 0.717) is 18.3 Å². The van der Waals surface area contributed by atoms with Gasteiger partial charge in [0.2, 0.25) is 0 Å². The van der Waals surface area contributed by atoms with Crippen molar-refractivity contribution in [2.45, 2.75) is 38.2 Å². The Morgan fingerprint density at radius 2 is 2.44 bits per heavy atom. The predicted octanol–water partition coefficient (Wildman–Crippen LogP) is 1.72. The molecule has 2 atom stereocenters. The number of anilines is 1. The number of H-pyrrole nitrogens is 1. The first-order valence-corrected chi connectivity index (χ1v) is 6.32. The first-order chi connectivity index (χ1) is 8.60. The summed E-state index contributed by atoms with van der Waals surface area (Å²) in [5.74, 6) is 0.871. The van der Waals surface area contributed by atoms with E-state index in [2.05, 4.69) is 10.2 Å². The minimum absolute atomic E-state index is 0.000949. The molecule has 3 N–H and O–H groups in total. The highest BCUT2D eigenvalue weighted by Crippen LogP contribution is 2.35. The normalized spacial score (nSPS) is 23.0. The summed E-state index contributed by atoms with van der Waals surface area (Å²) < 4.78 is 5.44. The molecule has 100 valence electrons. The number of nitrogen functional groups attached to an aromatic ring is 1. The Balaban J connectivity index is 1.87. The molecule has 1 aromatic rings. The molecule has 1 aromatic heterocycles. The van der Waals surface area contributed by atoms with Crippen LogP contribution < -0.4 is 5.73 Å². The zero-order valence-corrected chi connectivity index (χ0v) is 10.8. The van der Waals surface area contributed by atoms with Gasteiger partial charge >= 0.3 is 6.09 Å². The van der Waals surface area contributed by atoms with Crippen molar-refractivity contribution >= 4 is 11.9 Å². The summed E-state index contributed by atoms with van der Waals surface area (Å²) in [5.41, 5.74) is 6.62. The van der Waals surface area contributed by atoms with E-state index in [9.17, 15) is 4.79 Å². The number of nitrogens with two attached hydrogens (primary N) is 1. The van der Waals surface area contributed by atoms with Crippen molar-refractivity contribution in [3.05, 3.63) is 11.8 Å². The molecule has 0 aromatic carbocycles. The highest BCUT2D eigenvalue weighted by molar-refractivity contribution is 5.67. The first-order valence-electron chi connectivity index (χ1n) is 6.32. The lowest BCUT2D eigenvalue weighted by Crippen LogP contribution is -2.30. The number of ether oxygens (including phenoxy) is 1. The highest BCUT2D eigenvalue weighted by atomic mass is 16.6. The van der Waals surface area contributed by atoms with Crippen LogP contribution in [0.25, 0.3) is 0 Å². The van der Waals surface area contributed by atoms with E-state index in [1.807, 2.05) is 13.0 Å². The molecule has 0 bridgehead atoms. The molecule has 0 aliphatic heterocycles. The third kappa shape index (κ3) is 2.75. The predicted molar refractivity (Wildman–Crippen MR) is 68.2 cm³/mol. The second-order valence-electron chi connectivity index (χ2n) is 4.78. The summed E-state index contributed by atoms with van der Waals surface area (Å²) in [5, 5.41) is 6.85. The van der Waals surface area contributed by atoms with Crippen LogP contribution in [-0.4, -0.2) is 40.9 Å². The minimum Gasteiger partial charge on any atom is -0.446 e. The molecule has 1 fully saturated rings. The summed E-state index contributed by atoms with van der Waals surface area (Å²) in [4.78, 5) is 13.2. The number of hydrogen-bond acceptors (Lipinski definition) is 4. The van der Waals surface area contributed by atoms with Crippen molar-refractivity contribution in [1.29, 1.82) is 0 Å². The van der Waals surface area contributed by atoms with Gasteiger partial charge in [-0.05, 0) is 26.2 Å². The van der Waals surface area contributed by atoms with E-state index < -0.39 is 0 Å². The molecule has 18 heavy (non-hydrogen) atoms. The number of nitrogens with zero attached hydrogens (tertiary/aromatic N) is 2. The largest absolute Gasteiger partial charge is 0.446 e. The smallest absolute Gasteiger partial charge is 0.409 e. The molecular formula is C12H20N4O2. The van der Waals surface area contributed by atoms with E-state index in [1.54, 1.807) is 11.9 Å². The number of amides is 1. The molecule has 1 aliphatic carbocycles. The molecule has 1 aliphatic rings. The Hall–Kier alpha value is -1.72. The average Bonchev–Trinajstić information content (AvgIpc) is 2.96. The third-order valence-electron chi connectivity index (χ3n) is 3.50. The van der Waals surface area contributed by atoms with E-state index in [4.69, 9.17) is 10.5 Å². The number of rotatable bonds is 3. The van der Waals surface area contributed by atoms with Crippen molar-refractivity contribution in [2.75, 3.05) is 19.3 Å². The average molecular weight is 252 g/mol. The van der Waals surface area contributed by atoms with Gasteiger partial charge in [-0.3, -0.25) is 5.10 Å². The summed E-state index contributed by atoms with van der Waals surface area (Å²) in [7, 11) is 1.74. The maximum Gasteiger partial charge on any atom is 0.409 e. The Bertz CT molecular complexity index is 418. The number of nitrogens with one attached hydrogen (secondary N) is 1. The van der Waals surface area contributed by atoms with Crippen molar-refractivity contribution in [1.82, 2.24) is 15.1 Å². The number of aromatic amines is 1. The molecular weight excluding hydrogens is 232 g/mol. The van der Waals surface area contributed by atoms with Crippen LogP contribution in [0.2, 0.25) is 0 Å². The van der Waals surface area contributed by atoms with Crippen LogP contribution in [-0.2, 0) is 4.74 Å². The van der Waals surface area contributed by atoms with Crippen LogP contribution in [0.5, 0.6) is 0 Å². The van der Waals surface area contributed by atoms with Gasteiger partial charge in [-0.2, -0.15) is 5.10 Å². The van der Waals surface area contributed by atoms with Crippen LogP contribution in [0.3, 0.4) is 0 Å². The molecule has 6 heteroatoms. The van der Waals surface area contributed by atoms with Crippen LogP contribution in [0.15, 0.2) is 6.07 Å². The van der Waals surface area contributed by atoms with Crippen LogP contribution in [0.4, 0.5) is 10.6 Å². The van der Waals surface area contributed by atoms with Gasteiger partial charge in [0.25, 0.3) is 0 Å². The summed E-state index contributed by atoms with van der Waals surface area (Å²) in [6, 6.07) is 1.85. The van der Waals surface area contributed by atoms with E-state index in [1.165, 1.54) is 0 Å². The molecule has 1 heterocycles. The van der Waals surface area contributed by atoms with Crippen LogP contribution in [0.1, 0.15) is 37.8 Å². The van der Waals surface area contributed by atoms with Gasteiger partial charge in [0.05, 0.1) is 0 Å². The molecule has 0 spiro atoms. The monoisotopic (exact) mass is 252 g/mol. The fourth-order valence-corrected chi connectivity index (χ4v) is 2.25. The minimum atomic E-state index is -0.243. The van der Waals surface area contributed by atoms with Gasteiger partial charge in [-0.15, -0.1) is 0 Å². The van der Waals surface area contributed by atoms with Gasteiger partial charge in [-0.25, -0.2) is 4.79 Å². The Morgan fingerprint density at radius 3 is 3.06 bits per heavy atom. The zero-order chi connectivity index (χ0) is 13.1. The molecule has 1 saturated carbocycles. The van der Waals surface area contributed by atoms with Gasteiger partial charge in [-0.1, -0.05) is 0 Å². The number of hydrogen-bond donors (Lipinski definition) is 2. The quantitative estimate of drug-likeness (QED) is 0.857. The zero-order valence-electron chi connectivity index (χ0n) is 10.8. The van der Waals surface area contributed by atoms with Crippen LogP contribution >= 0.6 is 0 Å². The Morgan fingerprint density at radius 1 is 1.67 bits per heavy atom. The van der Waals surface area contributed by atoms with E-state index in [-0.39, 0.29) is 12.2 Å². The second-order valence-corrected chi connectivity index (χ2v) is 4.78. The number of carbonyl (C=O) groups is 1. The lowest BCUT2D eigenvalue weighted by atomic mass is 10.0. The maximum absolute atomic E-state index is 11.6. The summed E-state index contributed by atoms with van der Waals surface area (Å²) >= 11 is 0. The van der Waals surface area contributed by atoms with Crippen molar-refractivity contribution in [3.8, 4) is 0 Å². The lowest BCUT2D eigenvalue weighted by Gasteiger charge is -2.18. The standard InChI is InChI=1S/C12H20N4O2/c1-3-16(2)12(17)18-9-5-4-8(6-9)10-7-11(13)15-14-10/h7-9H,3-6H2,1-2H3,(H3,13,14,15)/t8-,9+/m1/s1. The van der Waals surface area contributed by atoms with Gasteiger partial charge in [0.1, 0.15) is 11.9 Å². The Labute approximate surface area is 106 Å². The second kappa shape index (κ2) is 5.29. The molecule has 0 radical (unpaired) electrons. The molecule has 2 rings (SSSR count). The topological polar surface area (TPSA) is 84.2 Å². The van der Waals surface area contributed by atoms with Gasteiger partial charge < -0.3 is 15.4 Å². The van der Waals surface area contributed by atoms with E-state index >= 15 is 0 Å². The highest BCUT2D eigenvalue weighted by Gasteiger charge is 2.30. The maximum atomic E-state index is 11.6. The van der Waals surface area contributed by atoms with Crippen molar-refractivity contribution in [3.63, 3.8) is 0 Å². The Kier molecular flexibility index (Phi) is 3.74. The van der Waals surface area contributed by atoms with Gasteiger partial charge in [0.15, 0.2) is 0 Å². The number of carbonyl (C=O) groups excluding carboxylic acids is 1. The molecule has 1 amide bonds. The summed E-state index contributed by atoms with van der Waals surface area (Å²) in [6.45, 7) is 2.58. The van der Waals surface area contributed by atoms with Crippen molar-refractivity contribution < 1.29 is 9.53 Å². The van der Waals surface area contributed by atoms with Crippen LogP contribution in [0, 0.1) is 0 Å². The molecule has 0 unspecified atom stereocenters. The lowest BCUT2D eigenvalue weighted by molar-refractivity contribution is 0.0725. The summed E-state index contributed by atoms with van der Waals surface area (Å²) in [6.07, 6.45) is 2.49. The van der Waals surface area contributed by atoms with Crippen molar-refractivity contribution in [2.24, 2.45) is 0 Å².